The third-order valence-electron chi connectivity index (χ3n) is 2.81. The van der Waals surface area contributed by atoms with E-state index in [0.717, 1.165) is 6.54 Å². The predicted molar refractivity (Wildman–Crippen MR) is 62.5 cm³/mol. The Bertz CT molecular complexity index is 194. The molecule has 1 N–H and O–H groups in total. The highest BCUT2D eigenvalue weighted by atomic mass is 79.9. The number of alkyl halides is 1. The molecule has 0 aromatic heterocycles. The molecule has 0 heterocycles. The quantitative estimate of drug-likeness (QED) is 0.778. The van der Waals surface area contributed by atoms with Gasteiger partial charge in [-0.3, -0.25) is 4.79 Å². The van der Waals surface area contributed by atoms with E-state index in [1.54, 1.807) is 0 Å². The molecule has 1 amide bonds. The van der Waals surface area contributed by atoms with Crippen LogP contribution in [0.4, 0.5) is 0 Å². The van der Waals surface area contributed by atoms with Crippen molar-refractivity contribution in [1.29, 1.82) is 0 Å². The maximum Gasteiger partial charge on any atom is 0.222 e. The van der Waals surface area contributed by atoms with Crippen molar-refractivity contribution in [2.45, 2.75) is 44.4 Å². The minimum Gasteiger partial charge on any atom is -0.356 e. The highest BCUT2D eigenvalue weighted by molar-refractivity contribution is 9.09. The first-order valence-electron chi connectivity index (χ1n) is 5.51. The molecule has 0 saturated heterocycles. The minimum atomic E-state index is 0.110. The van der Waals surface area contributed by atoms with Crippen LogP contribution in [0.2, 0.25) is 0 Å². The van der Waals surface area contributed by atoms with Crippen LogP contribution in [0.3, 0.4) is 0 Å². The van der Waals surface area contributed by atoms with E-state index in [9.17, 15) is 4.79 Å². The van der Waals surface area contributed by atoms with Crippen LogP contribution in [-0.2, 0) is 4.79 Å². The lowest BCUT2D eigenvalue weighted by molar-refractivity contribution is -0.124. The van der Waals surface area contributed by atoms with Crippen molar-refractivity contribution < 1.29 is 4.79 Å². The van der Waals surface area contributed by atoms with Gasteiger partial charge in [0.25, 0.3) is 0 Å². The van der Waals surface area contributed by atoms with Gasteiger partial charge in [0.15, 0.2) is 0 Å². The second-order valence-corrected chi connectivity index (χ2v) is 5.82. The maximum atomic E-state index is 11.3. The average molecular weight is 262 g/mol. The van der Waals surface area contributed by atoms with E-state index in [1.807, 2.05) is 13.8 Å². The van der Waals surface area contributed by atoms with E-state index in [1.165, 1.54) is 25.7 Å². The van der Waals surface area contributed by atoms with Gasteiger partial charge >= 0.3 is 0 Å². The molecule has 0 bridgehead atoms. The Labute approximate surface area is 95.0 Å². The Morgan fingerprint density at radius 1 is 1.50 bits per heavy atom. The number of nitrogens with one attached hydrogen (secondary N) is 1. The first kappa shape index (κ1) is 12.0. The van der Waals surface area contributed by atoms with Crippen LogP contribution in [0.1, 0.15) is 39.5 Å². The molecule has 1 rings (SSSR count). The van der Waals surface area contributed by atoms with E-state index >= 15 is 0 Å². The first-order valence-corrected chi connectivity index (χ1v) is 6.43. The molecule has 82 valence electrons. The van der Waals surface area contributed by atoms with Gasteiger partial charge in [-0.1, -0.05) is 36.2 Å². The molecule has 0 spiro atoms. The summed E-state index contributed by atoms with van der Waals surface area (Å²) in [5.74, 6) is 0.968. The number of carbonyl (C=O) groups excluding carboxylic acids is 1. The van der Waals surface area contributed by atoms with Crippen molar-refractivity contribution in [1.82, 2.24) is 5.32 Å². The van der Waals surface area contributed by atoms with Gasteiger partial charge in [-0.25, -0.2) is 0 Å². The average Bonchev–Trinajstić information content (AvgIpc) is 2.14. The van der Waals surface area contributed by atoms with Crippen molar-refractivity contribution in [3.8, 4) is 0 Å². The van der Waals surface area contributed by atoms with Crippen molar-refractivity contribution in [2.75, 3.05) is 6.54 Å². The van der Waals surface area contributed by atoms with Gasteiger partial charge in [0.1, 0.15) is 0 Å². The highest BCUT2D eigenvalue weighted by Crippen LogP contribution is 2.28. The van der Waals surface area contributed by atoms with Crippen LogP contribution in [-0.4, -0.2) is 17.3 Å². The number of hydrogen-bond acceptors (Lipinski definition) is 1. The highest BCUT2D eigenvalue weighted by Gasteiger charge is 2.20. The molecule has 2 atom stereocenters. The zero-order valence-electron chi connectivity index (χ0n) is 9.05. The molecule has 1 saturated carbocycles. The van der Waals surface area contributed by atoms with Gasteiger partial charge in [0.05, 0.1) is 0 Å². The Kier molecular flexibility index (Phi) is 4.93. The summed E-state index contributed by atoms with van der Waals surface area (Å²) in [7, 11) is 0. The van der Waals surface area contributed by atoms with Crippen LogP contribution in [0.25, 0.3) is 0 Å². The van der Waals surface area contributed by atoms with Crippen LogP contribution in [0, 0.1) is 11.8 Å². The Balaban J connectivity index is 2.20. The molecular weight excluding hydrogens is 242 g/mol. The van der Waals surface area contributed by atoms with Gasteiger partial charge in [0, 0.05) is 17.3 Å². The molecular formula is C11H20BrNO. The molecule has 0 aliphatic heterocycles. The number of carbonyl (C=O) groups is 1. The second kappa shape index (κ2) is 5.74. The summed E-state index contributed by atoms with van der Waals surface area (Å²) in [4.78, 5) is 12.0. The lowest BCUT2D eigenvalue weighted by Gasteiger charge is -2.26. The smallest absolute Gasteiger partial charge is 0.222 e. The molecule has 2 nitrogen and oxygen atoms in total. The predicted octanol–water partition coefficient (Wildman–Crippen LogP) is 2.71. The fourth-order valence-electron chi connectivity index (χ4n) is 1.86. The van der Waals surface area contributed by atoms with E-state index in [2.05, 4.69) is 21.2 Å². The Morgan fingerprint density at radius 2 is 2.21 bits per heavy atom. The molecule has 0 aromatic carbocycles. The van der Waals surface area contributed by atoms with Gasteiger partial charge in [-0.2, -0.15) is 0 Å². The van der Waals surface area contributed by atoms with E-state index < -0.39 is 0 Å². The van der Waals surface area contributed by atoms with Crippen molar-refractivity contribution in [3.63, 3.8) is 0 Å². The van der Waals surface area contributed by atoms with E-state index in [4.69, 9.17) is 0 Å². The van der Waals surface area contributed by atoms with Crippen LogP contribution in [0.5, 0.6) is 0 Å². The molecule has 3 heteroatoms. The third-order valence-corrected chi connectivity index (χ3v) is 3.64. The topological polar surface area (TPSA) is 29.1 Å². The Hall–Kier alpha value is -0.0500. The zero-order valence-corrected chi connectivity index (χ0v) is 10.6. The molecule has 0 radical (unpaired) electrons. The lowest BCUT2D eigenvalue weighted by atomic mass is 9.89. The van der Waals surface area contributed by atoms with Crippen molar-refractivity contribution >= 4 is 21.8 Å². The fraction of sp³-hybridized carbons (Fsp3) is 0.909. The summed E-state index contributed by atoms with van der Waals surface area (Å²) in [6.07, 6.45) is 5.05. The molecule has 1 fully saturated rings. The number of amides is 1. The summed E-state index contributed by atoms with van der Waals surface area (Å²) < 4.78 is 0. The molecule has 1 aliphatic carbocycles. The molecule has 2 unspecified atom stereocenters. The van der Waals surface area contributed by atoms with E-state index in [-0.39, 0.29) is 11.8 Å². The zero-order chi connectivity index (χ0) is 10.6. The standard InChI is InChI=1S/C11H20BrNO/c1-8(2)11(14)13-7-9-4-3-5-10(12)6-9/h8-10H,3-7H2,1-2H3,(H,13,14). The van der Waals surface area contributed by atoms with Gasteiger partial charge in [0.2, 0.25) is 5.91 Å². The third kappa shape index (κ3) is 3.99. The largest absolute Gasteiger partial charge is 0.356 e. The summed E-state index contributed by atoms with van der Waals surface area (Å²) >= 11 is 3.65. The van der Waals surface area contributed by atoms with E-state index in [0.29, 0.717) is 10.7 Å². The minimum absolute atomic E-state index is 0.110. The van der Waals surface area contributed by atoms with Gasteiger partial charge in [-0.15, -0.1) is 0 Å². The Morgan fingerprint density at radius 3 is 2.79 bits per heavy atom. The molecule has 1 aliphatic rings. The lowest BCUT2D eigenvalue weighted by Crippen LogP contribution is -2.34. The van der Waals surface area contributed by atoms with Gasteiger partial charge < -0.3 is 5.32 Å². The molecule has 14 heavy (non-hydrogen) atoms. The van der Waals surface area contributed by atoms with Crippen molar-refractivity contribution in [2.24, 2.45) is 11.8 Å². The number of rotatable bonds is 3. The van der Waals surface area contributed by atoms with Gasteiger partial charge in [-0.05, 0) is 25.2 Å². The summed E-state index contributed by atoms with van der Waals surface area (Å²) in [5.41, 5.74) is 0. The maximum absolute atomic E-state index is 11.3. The summed E-state index contributed by atoms with van der Waals surface area (Å²) in [5, 5.41) is 3.01. The number of halogens is 1. The number of hydrogen-bond donors (Lipinski definition) is 1. The van der Waals surface area contributed by atoms with Crippen LogP contribution < -0.4 is 5.32 Å². The summed E-state index contributed by atoms with van der Waals surface area (Å²) in [6.45, 7) is 4.73. The first-order chi connectivity index (χ1) is 6.59. The van der Waals surface area contributed by atoms with Crippen LogP contribution in [0.15, 0.2) is 0 Å². The fourth-order valence-corrected chi connectivity index (χ4v) is 2.71. The summed E-state index contributed by atoms with van der Waals surface area (Å²) in [6, 6.07) is 0. The molecule has 0 aromatic rings. The van der Waals surface area contributed by atoms with Crippen molar-refractivity contribution in [3.05, 3.63) is 0 Å². The SMILES string of the molecule is CC(C)C(=O)NCC1CCCC(Br)C1. The second-order valence-electron chi connectivity index (χ2n) is 4.53. The normalized spacial score (nSPS) is 27.7. The monoisotopic (exact) mass is 261 g/mol. The van der Waals surface area contributed by atoms with Crippen LogP contribution >= 0.6 is 15.9 Å².